The minimum atomic E-state index is -0.841. The fourth-order valence-electron chi connectivity index (χ4n) is 1.23. The summed E-state index contributed by atoms with van der Waals surface area (Å²) in [5.74, 6) is -0.841. The molecule has 0 amide bonds. The van der Waals surface area contributed by atoms with Crippen LogP contribution in [-0.2, 0) is 4.79 Å². The van der Waals surface area contributed by atoms with E-state index in [1.807, 2.05) is 18.2 Å². The molecule has 0 aliphatic rings. The Morgan fingerprint density at radius 2 is 2.38 bits per heavy atom. The normalized spacial score (nSPS) is 12.9. The van der Waals surface area contributed by atoms with Gasteiger partial charge in [-0.1, -0.05) is 27.7 Å². The lowest BCUT2D eigenvalue weighted by atomic mass is 10.3. The zero-order valence-corrected chi connectivity index (χ0v) is 10.8. The number of thioether (sulfide) groups is 1. The fourth-order valence-corrected chi connectivity index (χ4v) is 2.35. The molecule has 0 bridgehead atoms. The van der Waals surface area contributed by atoms with Crippen molar-refractivity contribution in [1.82, 2.24) is 9.97 Å². The molecule has 0 unspecified atom stereocenters. The van der Waals surface area contributed by atoms with Crippen LogP contribution in [0.2, 0.25) is 0 Å². The molecule has 0 aliphatic heterocycles. The molecular formula is C10H9BrN2O2S. The van der Waals surface area contributed by atoms with E-state index in [0.29, 0.717) is 5.16 Å². The standard InChI is InChI=1S/C10H9BrN2O2S/c1-5(9(14)15)16-10-12-7-3-2-6(11)4-8(7)13-10/h2-5H,1H3,(H,12,13)(H,14,15)/t5-/m1/s1. The zero-order valence-electron chi connectivity index (χ0n) is 8.40. The van der Waals surface area contributed by atoms with E-state index in [1.165, 1.54) is 11.8 Å². The Balaban J connectivity index is 2.29. The van der Waals surface area contributed by atoms with E-state index >= 15 is 0 Å². The highest BCUT2D eigenvalue weighted by atomic mass is 79.9. The number of aromatic nitrogens is 2. The van der Waals surface area contributed by atoms with Crippen molar-refractivity contribution in [2.24, 2.45) is 0 Å². The van der Waals surface area contributed by atoms with E-state index < -0.39 is 11.2 Å². The van der Waals surface area contributed by atoms with Gasteiger partial charge >= 0.3 is 5.97 Å². The number of fused-ring (bicyclic) bond motifs is 1. The number of halogens is 1. The molecule has 0 radical (unpaired) electrons. The molecule has 4 nitrogen and oxygen atoms in total. The van der Waals surface area contributed by atoms with E-state index in [1.54, 1.807) is 6.92 Å². The summed E-state index contributed by atoms with van der Waals surface area (Å²) >= 11 is 4.57. The highest BCUT2D eigenvalue weighted by molar-refractivity contribution is 9.10. The highest BCUT2D eigenvalue weighted by Gasteiger charge is 2.14. The number of nitrogens with one attached hydrogen (secondary N) is 1. The summed E-state index contributed by atoms with van der Waals surface area (Å²) in [4.78, 5) is 18.1. The first-order valence-corrected chi connectivity index (χ1v) is 6.28. The van der Waals surface area contributed by atoms with Crippen molar-refractivity contribution in [3.63, 3.8) is 0 Å². The molecule has 0 saturated heterocycles. The number of aliphatic carboxylic acids is 1. The van der Waals surface area contributed by atoms with E-state index in [-0.39, 0.29) is 0 Å². The summed E-state index contributed by atoms with van der Waals surface area (Å²) in [5, 5.41) is 8.91. The number of carbonyl (C=O) groups is 1. The van der Waals surface area contributed by atoms with Gasteiger partial charge in [0.2, 0.25) is 0 Å². The number of hydrogen-bond acceptors (Lipinski definition) is 3. The van der Waals surface area contributed by atoms with Gasteiger partial charge in [0.1, 0.15) is 5.25 Å². The van der Waals surface area contributed by atoms with Gasteiger partial charge < -0.3 is 10.1 Å². The second-order valence-electron chi connectivity index (χ2n) is 3.30. The SMILES string of the molecule is C[C@@H](Sc1nc2ccc(Br)cc2[nH]1)C(=O)O. The average Bonchev–Trinajstić information content (AvgIpc) is 2.58. The Kier molecular flexibility index (Phi) is 3.20. The van der Waals surface area contributed by atoms with Gasteiger partial charge in [-0.05, 0) is 25.1 Å². The lowest BCUT2D eigenvalue weighted by Gasteiger charge is -2.00. The van der Waals surface area contributed by atoms with Crippen molar-refractivity contribution >= 4 is 44.7 Å². The van der Waals surface area contributed by atoms with Gasteiger partial charge in [0, 0.05) is 4.47 Å². The maximum absolute atomic E-state index is 10.7. The molecule has 2 aromatic rings. The smallest absolute Gasteiger partial charge is 0.316 e. The van der Waals surface area contributed by atoms with E-state index in [9.17, 15) is 4.79 Å². The largest absolute Gasteiger partial charge is 0.480 e. The van der Waals surface area contributed by atoms with Crippen LogP contribution in [0.15, 0.2) is 27.8 Å². The van der Waals surface area contributed by atoms with Crippen LogP contribution in [0.3, 0.4) is 0 Å². The van der Waals surface area contributed by atoms with E-state index in [2.05, 4.69) is 25.9 Å². The Hall–Kier alpha value is -1.01. The second kappa shape index (κ2) is 4.47. The maximum Gasteiger partial charge on any atom is 0.316 e. The summed E-state index contributed by atoms with van der Waals surface area (Å²) in [7, 11) is 0. The fraction of sp³-hybridized carbons (Fsp3) is 0.200. The molecule has 1 aromatic heterocycles. The molecule has 1 atom stereocenters. The van der Waals surface area contributed by atoms with Crippen molar-refractivity contribution in [2.75, 3.05) is 0 Å². The number of carboxylic acid groups (broad SMARTS) is 1. The van der Waals surface area contributed by atoms with Crippen molar-refractivity contribution in [3.05, 3.63) is 22.7 Å². The third-order valence-corrected chi connectivity index (χ3v) is 3.52. The third kappa shape index (κ3) is 2.38. The molecule has 2 N–H and O–H groups in total. The third-order valence-electron chi connectivity index (χ3n) is 2.06. The molecule has 0 fully saturated rings. The predicted octanol–water partition coefficient (Wildman–Crippen LogP) is 2.89. The lowest BCUT2D eigenvalue weighted by Crippen LogP contribution is -2.11. The summed E-state index contributed by atoms with van der Waals surface area (Å²) < 4.78 is 0.964. The van der Waals surface area contributed by atoms with Gasteiger partial charge in [-0.15, -0.1) is 0 Å². The number of hydrogen-bond donors (Lipinski definition) is 2. The van der Waals surface area contributed by atoms with E-state index in [4.69, 9.17) is 5.11 Å². The Labute approximate surface area is 105 Å². The number of imidazole rings is 1. The first-order valence-electron chi connectivity index (χ1n) is 4.61. The van der Waals surface area contributed by atoms with Crippen LogP contribution in [0.4, 0.5) is 0 Å². The lowest BCUT2D eigenvalue weighted by molar-refractivity contribution is -0.136. The summed E-state index contributed by atoms with van der Waals surface area (Å²) in [6, 6.07) is 5.70. The van der Waals surface area contributed by atoms with Crippen molar-refractivity contribution < 1.29 is 9.90 Å². The number of benzene rings is 1. The molecule has 2 rings (SSSR count). The summed E-state index contributed by atoms with van der Waals surface area (Å²) in [5.41, 5.74) is 1.73. The first kappa shape index (κ1) is 11.5. The molecule has 6 heteroatoms. The zero-order chi connectivity index (χ0) is 11.7. The van der Waals surface area contributed by atoms with Gasteiger partial charge in [-0.3, -0.25) is 4.79 Å². The molecule has 0 spiro atoms. The predicted molar refractivity (Wildman–Crippen MR) is 66.7 cm³/mol. The summed E-state index contributed by atoms with van der Waals surface area (Å²) in [6.07, 6.45) is 0. The maximum atomic E-state index is 10.7. The number of nitrogens with zero attached hydrogens (tertiary/aromatic N) is 1. The number of rotatable bonds is 3. The molecule has 16 heavy (non-hydrogen) atoms. The monoisotopic (exact) mass is 300 g/mol. The highest BCUT2D eigenvalue weighted by Crippen LogP contribution is 2.25. The molecule has 1 aromatic carbocycles. The molecular weight excluding hydrogens is 292 g/mol. The minimum absolute atomic E-state index is 0.510. The number of carboxylic acids is 1. The second-order valence-corrected chi connectivity index (χ2v) is 5.55. The van der Waals surface area contributed by atoms with Crippen LogP contribution in [0.5, 0.6) is 0 Å². The Morgan fingerprint density at radius 1 is 1.62 bits per heavy atom. The van der Waals surface area contributed by atoms with Crippen LogP contribution < -0.4 is 0 Å². The topological polar surface area (TPSA) is 66.0 Å². The molecule has 0 saturated carbocycles. The molecule has 0 aliphatic carbocycles. The van der Waals surface area contributed by atoms with Crippen molar-refractivity contribution in [3.8, 4) is 0 Å². The summed E-state index contributed by atoms with van der Waals surface area (Å²) in [6.45, 7) is 1.64. The molecule has 1 heterocycles. The van der Waals surface area contributed by atoms with E-state index in [0.717, 1.165) is 15.5 Å². The van der Waals surface area contributed by atoms with Gasteiger partial charge in [0.25, 0.3) is 0 Å². The van der Waals surface area contributed by atoms with Gasteiger partial charge in [-0.2, -0.15) is 0 Å². The average molecular weight is 301 g/mol. The van der Waals surface area contributed by atoms with Crippen LogP contribution in [0.25, 0.3) is 11.0 Å². The van der Waals surface area contributed by atoms with Crippen LogP contribution in [0, 0.1) is 0 Å². The van der Waals surface area contributed by atoms with Gasteiger partial charge in [0.05, 0.1) is 11.0 Å². The van der Waals surface area contributed by atoms with Gasteiger partial charge in [0.15, 0.2) is 5.16 Å². The van der Waals surface area contributed by atoms with Crippen LogP contribution in [0.1, 0.15) is 6.92 Å². The number of H-pyrrole nitrogens is 1. The molecule has 84 valence electrons. The van der Waals surface area contributed by atoms with Crippen LogP contribution in [-0.4, -0.2) is 26.3 Å². The first-order chi connectivity index (χ1) is 7.56. The Bertz CT molecular complexity index is 541. The Morgan fingerprint density at radius 3 is 3.06 bits per heavy atom. The quantitative estimate of drug-likeness (QED) is 0.856. The van der Waals surface area contributed by atoms with Crippen molar-refractivity contribution in [1.29, 1.82) is 0 Å². The van der Waals surface area contributed by atoms with Gasteiger partial charge in [-0.25, -0.2) is 4.98 Å². The van der Waals surface area contributed by atoms with Crippen molar-refractivity contribution in [2.45, 2.75) is 17.3 Å². The minimum Gasteiger partial charge on any atom is -0.480 e. The van der Waals surface area contributed by atoms with Crippen LogP contribution >= 0.6 is 27.7 Å². The number of aromatic amines is 1.